The van der Waals surface area contributed by atoms with Gasteiger partial charge in [0.25, 0.3) is 0 Å². The Bertz CT molecular complexity index is 1350. The summed E-state index contributed by atoms with van der Waals surface area (Å²) in [6, 6.07) is 7.25. The fraction of sp³-hybridized carbons (Fsp3) is 0.350. The average molecular weight is 444 g/mol. The lowest BCUT2D eigenvalue weighted by atomic mass is 10.2. The summed E-state index contributed by atoms with van der Waals surface area (Å²) >= 11 is 1.52. The predicted octanol–water partition coefficient (Wildman–Crippen LogP) is 3.38. The fourth-order valence-corrected chi connectivity index (χ4v) is 6.13. The first-order valence-corrected chi connectivity index (χ1v) is 12.1. The van der Waals surface area contributed by atoms with E-state index in [1.54, 1.807) is 19.1 Å². The van der Waals surface area contributed by atoms with Gasteiger partial charge in [0.1, 0.15) is 5.82 Å². The fourth-order valence-electron chi connectivity index (χ4n) is 3.73. The molecule has 1 saturated heterocycles. The molecule has 0 aliphatic carbocycles. The van der Waals surface area contributed by atoms with E-state index in [4.69, 9.17) is 4.74 Å². The second-order valence-electron chi connectivity index (χ2n) is 7.51. The summed E-state index contributed by atoms with van der Waals surface area (Å²) in [6.07, 6.45) is 2.20. The van der Waals surface area contributed by atoms with Gasteiger partial charge in [-0.1, -0.05) is 17.3 Å². The summed E-state index contributed by atoms with van der Waals surface area (Å²) < 4.78 is 35.0. The quantitative estimate of drug-likeness (QED) is 0.505. The van der Waals surface area contributed by atoms with Gasteiger partial charge in [-0.25, -0.2) is 13.4 Å². The van der Waals surface area contributed by atoms with E-state index in [1.165, 1.54) is 15.9 Å². The predicted molar refractivity (Wildman–Crippen MR) is 115 cm³/mol. The van der Waals surface area contributed by atoms with Crippen LogP contribution in [0, 0.1) is 13.8 Å². The van der Waals surface area contributed by atoms with Gasteiger partial charge in [-0.05, 0) is 55.3 Å². The number of sulfone groups is 1. The molecule has 1 aliphatic heterocycles. The summed E-state index contributed by atoms with van der Waals surface area (Å²) in [5.41, 5.74) is 2.52. The highest BCUT2D eigenvalue weighted by Gasteiger charge is 2.29. The van der Waals surface area contributed by atoms with Crippen molar-refractivity contribution < 1.29 is 13.2 Å². The molecule has 10 heteroatoms. The maximum atomic E-state index is 13.4. The van der Waals surface area contributed by atoms with Gasteiger partial charge < -0.3 is 10.1 Å². The summed E-state index contributed by atoms with van der Waals surface area (Å²) in [5.74, 6) is 0.628. The third kappa shape index (κ3) is 3.15. The van der Waals surface area contributed by atoms with Crippen LogP contribution in [-0.4, -0.2) is 47.5 Å². The van der Waals surface area contributed by atoms with Crippen molar-refractivity contribution >= 4 is 42.9 Å². The van der Waals surface area contributed by atoms with Gasteiger partial charge in [-0.15, -0.1) is 16.4 Å². The Morgan fingerprint density at radius 2 is 2.17 bits per heavy atom. The first kappa shape index (κ1) is 19.4. The Morgan fingerprint density at radius 3 is 2.97 bits per heavy atom. The molecule has 5 rings (SSSR count). The molecule has 1 N–H and O–H groups in total. The van der Waals surface area contributed by atoms with Gasteiger partial charge in [0, 0.05) is 13.2 Å². The Balaban J connectivity index is 1.65. The van der Waals surface area contributed by atoms with Crippen LogP contribution >= 0.6 is 11.3 Å². The summed E-state index contributed by atoms with van der Waals surface area (Å²) in [7, 11) is -3.88. The van der Waals surface area contributed by atoms with Crippen LogP contribution in [0.15, 0.2) is 39.6 Å². The van der Waals surface area contributed by atoms with E-state index >= 15 is 0 Å². The molecule has 30 heavy (non-hydrogen) atoms. The Morgan fingerprint density at radius 1 is 1.30 bits per heavy atom. The Kier molecular flexibility index (Phi) is 4.72. The maximum Gasteiger partial charge on any atom is 0.229 e. The van der Waals surface area contributed by atoms with Crippen LogP contribution in [0.5, 0.6) is 0 Å². The van der Waals surface area contributed by atoms with Crippen molar-refractivity contribution in [1.82, 2.24) is 19.8 Å². The molecule has 1 atom stereocenters. The monoisotopic (exact) mass is 443 g/mol. The highest BCUT2D eigenvalue weighted by molar-refractivity contribution is 7.91. The van der Waals surface area contributed by atoms with Crippen molar-refractivity contribution in [3.05, 3.63) is 40.8 Å². The number of benzene rings is 1. The van der Waals surface area contributed by atoms with E-state index in [0.29, 0.717) is 17.9 Å². The van der Waals surface area contributed by atoms with Crippen molar-refractivity contribution in [2.45, 2.75) is 42.7 Å². The second-order valence-corrected chi connectivity index (χ2v) is 10.3. The van der Waals surface area contributed by atoms with Crippen LogP contribution in [-0.2, 0) is 14.6 Å². The van der Waals surface area contributed by atoms with Crippen LogP contribution in [0.2, 0.25) is 0 Å². The number of fused-ring (bicyclic) bond motifs is 3. The van der Waals surface area contributed by atoms with Gasteiger partial charge >= 0.3 is 0 Å². The number of ether oxygens (including phenoxy) is 1. The van der Waals surface area contributed by atoms with Crippen molar-refractivity contribution in [2.75, 3.05) is 18.5 Å². The Labute approximate surface area is 177 Å². The zero-order valence-corrected chi connectivity index (χ0v) is 18.3. The number of nitrogens with zero attached hydrogens (tertiary/aromatic N) is 4. The number of aromatic nitrogens is 4. The summed E-state index contributed by atoms with van der Waals surface area (Å²) in [4.78, 5) is 4.87. The van der Waals surface area contributed by atoms with E-state index in [1.807, 2.05) is 24.4 Å². The van der Waals surface area contributed by atoms with Crippen LogP contribution in [0.3, 0.4) is 0 Å². The maximum absolute atomic E-state index is 13.4. The van der Waals surface area contributed by atoms with Gasteiger partial charge in [-0.3, -0.25) is 0 Å². The molecule has 0 saturated carbocycles. The van der Waals surface area contributed by atoms with Crippen LogP contribution in [0.25, 0.3) is 15.9 Å². The molecule has 1 fully saturated rings. The summed E-state index contributed by atoms with van der Waals surface area (Å²) in [6.45, 7) is 5.04. The number of hydrogen-bond acceptors (Lipinski definition) is 8. The molecule has 8 nitrogen and oxygen atoms in total. The molecule has 1 aromatic carbocycles. The lowest BCUT2D eigenvalue weighted by Gasteiger charge is -2.12. The van der Waals surface area contributed by atoms with Gasteiger partial charge in [-0.2, -0.15) is 4.52 Å². The first-order chi connectivity index (χ1) is 14.4. The van der Waals surface area contributed by atoms with Crippen LogP contribution < -0.4 is 5.32 Å². The van der Waals surface area contributed by atoms with Gasteiger partial charge in [0.15, 0.2) is 5.65 Å². The minimum atomic E-state index is -3.88. The van der Waals surface area contributed by atoms with Crippen molar-refractivity contribution in [3.63, 3.8) is 0 Å². The highest BCUT2D eigenvalue weighted by Crippen LogP contribution is 2.32. The normalized spacial score (nSPS) is 17.2. The van der Waals surface area contributed by atoms with E-state index in [9.17, 15) is 8.42 Å². The zero-order valence-electron chi connectivity index (χ0n) is 16.6. The molecule has 4 heterocycles. The third-order valence-electron chi connectivity index (χ3n) is 5.33. The zero-order chi connectivity index (χ0) is 20.9. The molecule has 0 amide bonds. The first-order valence-electron chi connectivity index (χ1n) is 9.75. The van der Waals surface area contributed by atoms with Crippen molar-refractivity contribution in [2.24, 2.45) is 0 Å². The van der Waals surface area contributed by atoms with E-state index in [2.05, 4.69) is 20.6 Å². The van der Waals surface area contributed by atoms with Crippen LogP contribution in [0.4, 0.5) is 5.82 Å². The lowest BCUT2D eigenvalue weighted by molar-refractivity contribution is 0.120. The molecule has 1 aliphatic rings. The number of thiophene rings is 1. The second kappa shape index (κ2) is 7.29. The highest BCUT2D eigenvalue weighted by atomic mass is 32.2. The van der Waals surface area contributed by atoms with E-state index < -0.39 is 9.84 Å². The average Bonchev–Trinajstić information content (AvgIpc) is 3.47. The molecular formula is C20H21N5O3S2. The minimum absolute atomic E-state index is 0.135. The third-order valence-corrected chi connectivity index (χ3v) is 8.03. The lowest BCUT2D eigenvalue weighted by Crippen LogP contribution is -2.19. The number of nitrogens with one attached hydrogen (secondary N) is 1. The molecular weight excluding hydrogens is 422 g/mol. The van der Waals surface area contributed by atoms with Crippen molar-refractivity contribution in [1.29, 1.82) is 0 Å². The SMILES string of the molecule is Cc1ccc(C)c(S(=O)(=O)c2nnn3c2nc(NC[C@@H]2CCCO2)c2sccc23)c1. The van der Waals surface area contributed by atoms with E-state index in [-0.39, 0.29) is 21.7 Å². The number of aryl methyl sites for hydroxylation is 2. The minimum Gasteiger partial charge on any atom is -0.376 e. The molecule has 0 radical (unpaired) electrons. The standard InChI is InChI=1S/C20H21N5O3S2/c1-12-5-6-13(2)16(10-12)30(26,27)20-19-22-18(21-11-14-4-3-8-28-14)17-15(7-9-29-17)25(19)24-23-20/h5-7,9-10,14H,3-4,8,11H2,1-2H3,(H,21,22)/t14-/m0/s1. The number of hydrogen-bond donors (Lipinski definition) is 1. The molecule has 0 spiro atoms. The Hall–Kier alpha value is -2.56. The smallest absolute Gasteiger partial charge is 0.229 e. The van der Waals surface area contributed by atoms with E-state index in [0.717, 1.165) is 35.2 Å². The molecule has 156 valence electrons. The number of anilines is 1. The topological polar surface area (TPSA) is 98.5 Å². The molecule has 3 aromatic heterocycles. The van der Waals surface area contributed by atoms with Crippen molar-refractivity contribution in [3.8, 4) is 0 Å². The van der Waals surface area contributed by atoms with Gasteiger partial charge in [0.2, 0.25) is 14.9 Å². The summed E-state index contributed by atoms with van der Waals surface area (Å²) in [5, 5.41) is 13.3. The largest absolute Gasteiger partial charge is 0.376 e. The number of rotatable bonds is 5. The molecule has 4 aromatic rings. The molecule has 0 unspecified atom stereocenters. The van der Waals surface area contributed by atoms with Crippen LogP contribution in [0.1, 0.15) is 24.0 Å². The van der Waals surface area contributed by atoms with Gasteiger partial charge in [0.05, 0.1) is 21.2 Å². The molecule has 0 bridgehead atoms.